The van der Waals surface area contributed by atoms with E-state index in [-0.39, 0.29) is 42.7 Å². The molecule has 0 saturated carbocycles. The fourth-order valence-electron chi connectivity index (χ4n) is 1.37. The molecule has 0 bridgehead atoms. The zero-order valence-corrected chi connectivity index (χ0v) is 11.6. The van der Waals surface area contributed by atoms with Gasteiger partial charge in [-0.25, -0.2) is 4.39 Å². The lowest BCUT2D eigenvalue weighted by Gasteiger charge is -2.14. The number of alkyl halides is 2. The SMILES string of the molecule is CC(CN)C(=O)NCc1c(F)cccc1OC(F)F.Cl. The van der Waals surface area contributed by atoms with Crippen LogP contribution in [0.2, 0.25) is 0 Å². The van der Waals surface area contributed by atoms with Gasteiger partial charge in [0.1, 0.15) is 11.6 Å². The average Bonchev–Trinajstić information content (AvgIpc) is 2.36. The molecule has 0 spiro atoms. The quantitative estimate of drug-likeness (QED) is 0.845. The molecule has 1 unspecified atom stereocenters. The van der Waals surface area contributed by atoms with E-state index in [4.69, 9.17) is 5.73 Å². The summed E-state index contributed by atoms with van der Waals surface area (Å²) < 4.78 is 42.1. The number of nitrogens with two attached hydrogens (primary N) is 1. The second-order valence-corrected chi connectivity index (χ2v) is 3.95. The number of amides is 1. The van der Waals surface area contributed by atoms with Crippen LogP contribution < -0.4 is 15.8 Å². The van der Waals surface area contributed by atoms with Crippen molar-refractivity contribution in [3.05, 3.63) is 29.6 Å². The molecule has 8 heteroatoms. The van der Waals surface area contributed by atoms with Gasteiger partial charge in [-0.15, -0.1) is 12.4 Å². The number of benzene rings is 1. The lowest BCUT2D eigenvalue weighted by Crippen LogP contribution is -2.33. The van der Waals surface area contributed by atoms with Crippen LogP contribution in [0.4, 0.5) is 13.2 Å². The highest BCUT2D eigenvalue weighted by molar-refractivity contribution is 5.85. The molecule has 20 heavy (non-hydrogen) atoms. The van der Waals surface area contributed by atoms with Crippen molar-refractivity contribution in [2.45, 2.75) is 20.1 Å². The van der Waals surface area contributed by atoms with E-state index < -0.39 is 18.3 Å². The molecule has 1 aromatic carbocycles. The van der Waals surface area contributed by atoms with Crippen molar-refractivity contribution in [2.75, 3.05) is 6.54 Å². The predicted octanol–water partition coefficient (Wildman–Crippen LogP) is 2.06. The summed E-state index contributed by atoms with van der Waals surface area (Å²) in [7, 11) is 0. The Balaban J connectivity index is 0.00000361. The summed E-state index contributed by atoms with van der Waals surface area (Å²) in [5, 5.41) is 2.42. The fraction of sp³-hybridized carbons (Fsp3) is 0.417. The van der Waals surface area contributed by atoms with E-state index in [2.05, 4.69) is 10.1 Å². The molecule has 0 fully saturated rings. The Morgan fingerprint density at radius 1 is 1.45 bits per heavy atom. The summed E-state index contributed by atoms with van der Waals surface area (Å²) in [6.07, 6.45) is 0. The fourth-order valence-corrected chi connectivity index (χ4v) is 1.37. The van der Waals surface area contributed by atoms with Gasteiger partial charge in [0.25, 0.3) is 0 Å². The first kappa shape index (κ1) is 18.5. The number of halogens is 4. The van der Waals surface area contributed by atoms with Crippen LogP contribution in [0.25, 0.3) is 0 Å². The van der Waals surface area contributed by atoms with E-state index in [1.54, 1.807) is 6.92 Å². The summed E-state index contributed by atoms with van der Waals surface area (Å²) >= 11 is 0. The highest BCUT2D eigenvalue weighted by atomic mass is 35.5. The van der Waals surface area contributed by atoms with Gasteiger partial charge in [0, 0.05) is 24.6 Å². The van der Waals surface area contributed by atoms with Crippen molar-refractivity contribution in [2.24, 2.45) is 11.7 Å². The monoisotopic (exact) mass is 312 g/mol. The van der Waals surface area contributed by atoms with Crippen LogP contribution in [-0.2, 0) is 11.3 Å². The normalized spacial score (nSPS) is 11.7. The molecule has 0 aliphatic carbocycles. The molecular weight excluding hydrogens is 297 g/mol. The van der Waals surface area contributed by atoms with E-state index in [0.717, 1.165) is 6.07 Å². The first-order valence-electron chi connectivity index (χ1n) is 5.65. The van der Waals surface area contributed by atoms with E-state index in [1.807, 2.05) is 0 Å². The predicted molar refractivity (Wildman–Crippen MR) is 70.3 cm³/mol. The lowest BCUT2D eigenvalue weighted by atomic mass is 10.1. The third-order valence-electron chi connectivity index (χ3n) is 2.53. The van der Waals surface area contributed by atoms with Gasteiger partial charge in [0.05, 0.1) is 0 Å². The Hall–Kier alpha value is -1.47. The molecule has 0 aromatic heterocycles. The van der Waals surface area contributed by atoms with Gasteiger partial charge in [-0.1, -0.05) is 13.0 Å². The molecule has 1 aromatic rings. The number of hydrogen-bond donors (Lipinski definition) is 2. The third-order valence-corrected chi connectivity index (χ3v) is 2.53. The minimum atomic E-state index is -3.06. The Morgan fingerprint density at radius 2 is 2.10 bits per heavy atom. The molecule has 0 radical (unpaired) electrons. The van der Waals surface area contributed by atoms with Crippen LogP contribution >= 0.6 is 12.4 Å². The average molecular weight is 313 g/mol. The molecular formula is C12H16ClF3N2O2. The van der Waals surface area contributed by atoms with Gasteiger partial charge in [0.15, 0.2) is 0 Å². The summed E-state index contributed by atoms with van der Waals surface area (Å²) in [6, 6.07) is 3.57. The van der Waals surface area contributed by atoms with Crippen molar-refractivity contribution >= 4 is 18.3 Å². The van der Waals surface area contributed by atoms with Crippen molar-refractivity contribution in [1.29, 1.82) is 0 Å². The van der Waals surface area contributed by atoms with Gasteiger partial charge < -0.3 is 15.8 Å². The molecule has 0 saturated heterocycles. The third kappa shape index (κ3) is 5.26. The van der Waals surface area contributed by atoms with E-state index in [1.165, 1.54) is 12.1 Å². The Labute approximate surface area is 120 Å². The number of carbonyl (C=O) groups is 1. The summed E-state index contributed by atoms with van der Waals surface area (Å²) in [4.78, 5) is 11.5. The lowest BCUT2D eigenvalue weighted by molar-refractivity contribution is -0.124. The molecule has 4 nitrogen and oxygen atoms in total. The maximum Gasteiger partial charge on any atom is 0.387 e. The molecule has 1 atom stereocenters. The first-order valence-corrected chi connectivity index (χ1v) is 5.65. The maximum absolute atomic E-state index is 13.5. The molecule has 1 amide bonds. The van der Waals surface area contributed by atoms with Crippen molar-refractivity contribution in [3.63, 3.8) is 0 Å². The number of hydrogen-bond acceptors (Lipinski definition) is 3. The number of nitrogens with one attached hydrogen (secondary N) is 1. The van der Waals surface area contributed by atoms with Crippen LogP contribution in [0.15, 0.2) is 18.2 Å². The minimum Gasteiger partial charge on any atom is -0.434 e. The van der Waals surface area contributed by atoms with E-state index in [0.29, 0.717) is 0 Å². The highest BCUT2D eigenvalue weighted by Crippen LogP contribution is 2.23. The van der Waals surface area contributed by atoms with Gasteiger partial charge in [-0.2, -0.15) is 8.78 Å². The van der Waals surface area contributed by atoms with Crippen LogP contribution in [0.5, 0.6) is 5.75 Å². The number of carbonyl (C=O) groups excluding carboxylic acids is 1. The second kappa shape index (κ2) is 8.65. The van der Waals surface area contributed by atoms with Gasteiger partial charge in [0.2, 0.25) is 5.91 Å². The molecule has 0 heterocycles. The van der Waals surface area contributed by atoms with Crippen molar-refractivity contribution < 1.29 is 22.7 Å². The second-order valence-electron chi connectivity index (χ2n) is 3.95. The van der Waals surface area contributed by atoms with Crippen molar-refractivity contribution in [3.8, 4) is 5.75 Å². The van der Waals surface area contributed by atoms with Crippen LogP contribution in [-0.4, -0.2) is 19.1 Å². The van der Waals surface area contributed by atoms with Gasteiger partial charge >= 0.3 is 6.61 Å². The largest absolute Gasteiger partial charge is 0.434 e. The van der Waals surface area contributed by atoms with E-state index in [9.17, 15) is 18.0 Å². The number of rotatable bonds is 6. The Bertz CT molecular complexity index is 447. The molecule has 1 rings (SSSR count). The summed E-state index contributed by atoms with van der Waals surface area (Å²) in [6.45, 7) is -1.55. The van der Waals surface area contributed by atoms with Gasteiger partial charge in [-0.3, -0.25) is 4.79 Å². The maximum atomic E-state index is 13.5. The topological polar surface area (TPSA) is 64.4 Å². The molecule has 0 aliphatic heterocycles. The summed E-state index contributed by atoms with van der Waals surface area (Å²) in [5.41, 5.74) is 5.18. The van der Waals surface area contributed by atoms with Crippen LogP contribution in [0, 0.1) is 11.7 Å². The van der Waals surface area contributed by atoms with E-state index >= 15 is 0 Å². The smallest absolute Gasteiger partial charge is 0.387 e. The van der Waals surface area contributed by atoms with Crippen LogP contribution in [0.1, 0.15) is 12.5 Å². The number of ether oxygens (including phenoxy) is 1. The van der Waals surface area contributed by atoms with Crippen LogP contribution in [0.3, 0.4) is 0 Å². The zero-order chi connectivity index (χ0) is 14.4. The standard InChI is InChI=1S/C12H15F3N2O2.ClH/c1-7(5-16)11(18)17-6-8-9(13)3-2-4-10(8)19-12(14)15;/h2-4,7,12H,5-6,16H2,1H3,(H,17,18);1H. The Kier molecular flexibility index (Phi) is 8.02. The molecule has 0 aliphatic rings. The van der Waals surface area contributed by atoms with Crippen molar-refractivity contribution in [1.82, 2.24) is 5.32 Å². The molecule has 3 N–H and O–H groups in total. The Morgan fingerprint density at radius 3 is 2.65 bits per heavy atom. The first-order chi connectivity index (χ1) is 8.95. The summed E-state index contributed by atoms with van der Waals surface area (Å²) in [5.74, 6) is -1.84. The van der Waals surface area contributed by atoms with Gasteiger partial charge in [-0.05, 0) is 12.1 Å². The molecule has 114 valence electrons. The zero-order valence-electron chi connectivity index (χ0n) is 10.7. The minimum absolute atomic E-state index is 0. The highest BCUT2D eigenvalue weighted by Gasteiger charge is 2.16.